The Balaban J connectivity index is 2.81. The molecule has 0 spiro atoms. The van der Waals surface area contributed by atoms with Gasteiger partial charge in [-0.15, -0.1) is 0 Å². The highest BCUT2D eigenvalue weighted by molar-refractivity contribution is 5.32. The number of nitrogens with two attached hydrogens (primary N) is 1. The Labute approximate surface area is 71.1 Å². The molecule has 0 saturated heterocycles. The molecule has 3 heteroatoms. The lowest BCUT2D eigenvalue weighted by molar-refractivity contribution is 0.183. The van der Waals surface area contributed by atoms with Crippen LogP contribution in [0.1, 0.15) is 11.1 Å². The highest BCUT2D eigenvalue weighted by Crippen LogP contribution is 2.05. The molecule has 0 fully saturated rings. The summed E-state index contributed by atoms with van der Waals surface area (Å²) in [5.74, 6) is 0. The van der Waals surface area contributed by atoms with Crippen molar-refractivity contribution in [1.82, 2.24) is 0 Å². The lowest BCUT2D eigenvalue weighted by atomic mass is 10.1. The summed E-state index contributed by atoms with van der Waals surface area (Å²) in [7, 11) is 0. The fraction of sp³-hybridized carbons (Fsp3) is 0.222. The predicted molar refractivity (Wildman–Crippen MR) is 45.1 cm³/mol. The molecular weight excluding hydrogens is 152 g/mol. The minimum Gasteiger partial charge on any atom is -0.378 e. The first-order chi connectivity index (χ1) is 5.72. The van der Waals surface area contributed by atoms with Crippen LogP contribution in [0, 0.1) is 11.3 Å². The van der Waals surface area contributed by atoms with E-state index in [1.165, 1.54) is 0 Å². The van der Waals surface area contributed by atoms with Crippen molar-refractivity contribution in [3.05, 3.63) is 35.4 Å². The first-order valence-corrected chi connectivity index (χ1v) is 3.65. The zero-order valence-electron chi connectivity index (χ0n) is 6.57. The average molecular weight is 162 g/mol. The molecule has 3 N–H and O–H groups in total. The van der Waals surface area contributed by atoms with E-state index >= 15 is 0 Å². The van der Waals surface area contributed by atoms with Gasteiger partial charge in [-0.05, 0) is 17.7 Å². The normalized spacial score (nSPS) is 12.1. The van der Waals surface area contributed by atoms with E-state index in [4.69, 9.17) is 16.1 Å². The Morgan fingerprint density at radius 2 is 2.33 bits per heavy atom. The topological polar surface area (TPSA) is 70.0 Å². The van der Waals surface area contributed by atoms with Gasteiger partial charge in [0.1, 0.15) is 6.23 Å². The van der Waals surface area contributed by atoms with Crippen LogP contribution in [0.2, 0.25) is 0 Å². The van der Waals surface area contributed by atoms with Gasteiger partial charge in [-0.2, -0.15) is 5.26 Å². The number of nitrogens with zero attached hydrogens (tertiary/aromatic N) is 1. The third-order valence-electron chi connectivity index (χ3n) is 1.50. The van der Waals surface area contributed by atoms with Gasteiger partial charge < -0.3 is 10.8 Å². The van der Waals surface area contributed by atoms with Gasteiger partial charge in [0.25, 0.3) is 0 Å². The fourth-order valence-corrected chi connectivity index (χ4v) is 1.01. The summed E-state index contributed by atoms with van der Waals surface area (Å²) >= 11 is 0. The van der Waals surface area contributed by atoms with Gasteiger partial charge in [0.15, 0.2) is 0 Å². The van der Waals surface area contributed by atoms with E-state index < -0.39 is 6.23 Å². The lowest BCUT2D eigenvalue weighted by Crippen LogP contribution is -2.21. The quantitative estimate of drug-likeness (QED) is 0.617. The molecule has 0 heterocycles. The first kappa shape index (κ1) is 8.72. The molecule has 1 unspecified atom stereocenters. The third-order valence-corrected chi connectivity index (χ3v) is 1.50. The van der Waals surface area contributed by atoms with Crippen LogP contribution in [0.5, 0.6) is 0 Å². The van der Waals surface area contributed by atoms with Crippen LogP contribution in [0.15, 0.2) is 24.3 Å². The Bertz CT molecular complexity index is 302. The number of rotatable bonds is 2. The van der Waals surface area contributed by atoms with E-state index in [0.717, 1.165) is 5.56 Å². The molecule has 0 bridgehead atoms. The maximum absolute atomic E-state index is 8.86. The number of benzene rings is 1. The van der Waals surface area contributed by atoms with Crippen molar-refractivity contribution < 1.29 is 5.11 Å². The van der Waals surface area contributed by atoms with Crippen molar-refractivity contribution in [2.24, 2.45) is 5.73 Å². The molecule has 1 atom stereocenters. The van der Waals surface area contributed by atoms with Crippen LogP contribution in [-0.4, -0.2) is 11.3 Å². The van der Waals surface area contributed by atoms with Gasteiger partial charge in [-0.1, -0.05) is 12.1 Å². The van der Waals surface area contributed by atoms with Crippen LogP contribution in [-0.2, 0) is 6.42 Å². The summed E-state index contributed by atoms with van der Waals surface area (Å²) in [6.07, 6.45) is -0.464. The molecule has 1 aromatic carbocycles. The summed E-state index contributed by atoms with van der Waals surface area (Å²) in [5, 5.41) is 17.4. The predicted octanol–water partition coefficient (Wildman–Crippen LogP) is 0.378. The number of aliphatic hydroxyl groups is 1. The van der Waals surface area contributed by atoms with Crippen LogP contribution in [0.3, 0.4) is 0 Å². The van der Waals surface area contributed by atoms with Crippen molar-refractivity contribution in [1.29, 1.82) is 5.26 Å². The van der Waals surface area contributed by atoms with Crippen LogP contribution in [0.4, 0.5) is 0 Å². The van der Waals surface area contributed by atoms with Gasteiger partial charge in [0.05, 0.1) is 11.6 Å². The molecule has 1 rings (SSSR count). The number of hydrogen-bond acceptors (Lipinski definition) is 3. The summed E-state index contributed by atoms with van der Waals surface area (Å²) in [4.78, 5) is 0. The molecule has 12 heavy (non-hydrogen) atoms. The van der Waals surface area contributed by atoms with Crippen molar-refractivity contribution in [3.63, 3.8) is 0 Å². The lowest BCUT2D eigenvalue weighted by Gasteiger charge is -2.03. The monoisotopic (exact) mass is 162 g/mol. The van der Waals surface area contributed by atoms with Crippen molar-refractivity contribution in [3.8, 4) is 6.07 Å². The van der Waals surface area contributed by atoms with E-state index in [2.05, 4.69) is 0 Å². The number of hydrogen-bond donors (Lipinski definition) is 2. The molecular formula is C9H10N2O. The van der Waals surface area contributed by atoms with Crippen LogP contribution < -0.4 is 5.73 Å². The van der Waals surface area contributed by atoms with Gasteiger partial charge in [-0.3, -0.25) is 0 Å². The Morgan fingerprint density at radius 1 is 1.58 bits per heavy atom. The summed E-state index contributed by atoms with van der Waals surface area (Å²) in [5.41, 5.74) is 6.66. The standard InChI is InChI=1S/C9H10N2O/c10-6-8-3-1-2-7(4-8)5-9(11)12/h1-4,9,12H,5,11H2. The van der Waals surface area contributed by atoms with Crippen LogP contribution in [0.25, 0.3) is 0 Å². The molecule has 0 aliphatic rings. The highest BCUT2D eigenvalue weighted by atomic mass is 16.3. The fourth-order valence-electron chi connectivity index (χ4n) is 1.01. The van der Waals surface area contributed by atoms with Gasteiger partial charge in [0.2, 0.25) is 0 Å². The average Bonchev–Trinajstić information content (AvgIpc) is 2.03. The largest absolute Gasteiger partial charge is 0.378 e. The molecule has 0 radical (unpaired) electrons. The Morgan fingerprint density at radius 3 is 2.92 bits per heavy atom. The molecule has 3 nitrogen and oxygen atoms in total. The molecule has 1 aromatic rings. The van der Waals surface area contributed by atoms with Gasteiger partial charge >= 0.3 is 0 Å². The molecule has 0 aromatic heterocycles. The third kappa shape index (κ3) is 2.35. The SMILES string of the molecule is N#Cc1cccc(CC(N)O)c1. The number of nitriles is 1. The molecule has 0 saturated carbocycles. The molecule has 62 valence electrons. The highest BCUT2D eigenvalue weighted by Gasteiger charge is 1.99. The Hall–Kier alpha value is -1.37. The zero-order chi connectivity index (χ0) is 8.97. The number of aliphatic hydroxyl groups excluding tert-OH is 1. The van der Waals surface area contributed by atoms with E-state index in [1.807, 2.05) is 12.1 Å². The zero-order valence-corrected chi connectivity index (χ0v) is 6.57. The smallest absolute Gasteiger partial charge is 0.106 e. The minimum absolute atomic E-state index is 0.384. The maximum atomic E-state index is 8.86. The van der Waals surface area contributed by atoms with Crippen molar-refractivity contribution in [2.45, 2.75) is 12.6 Å². The second-order valence-electron chi connectivity index (χ2n) is 2.58. The van der Waals surface area contributed by atoms with E-state index in [9.17, 15) is 0 Å². The molecule has 0 aliphatic heterocycles. The second kappa shape index (κ2) is 3.86. The first-order valence-electron chi connectivity index (χ1n) is 3.65. The van der Waals surface area contributed by atoms with E-state index in [-0.39, 0.29) is 0 Å². The van der Waals surface area contributed by atoms with Crippen molar-refractivity contribution in [2.75, 3.05) is 0 Å². The summed E-state index contributed by atoms with van der Waals surface area (Å²) < 4.78 is 0. The Kier molecular flexibility index (Phi) is 2.81. The summed E-state index contributed by atoms with van der Waals surface area (Å²) in [6, 6.07) is 9.06. The summed E-state index contributed by atoms with van der Waals surface area (Å²) in [6.45, 7) is 0. The molecule has 0 amide bonds. The van der Waals surface area contributed by atoms with E-state index in [0.29, 0.717) is 12.0 Å². The van der Waals surface area contributed by atoms with Gasteiger partial charge in [-0.25, -0.2) is 0 Å². The maximum Gasteiger partial charge on any atom is 0.106 e. The minimum atomic E-state index is -0.848. The van der Waals surface area contributed by atoms with Crippen LogP contribution >= 0.6 is 0 Å². The molecule has 0 aliphatic carbocycles. The van der Waals surface area contributed by atoms with Gasteiger partial charge in [0, 0.05) is 6.42 Å². The second-order valence-corrected chi connectivity index (χ2v) is 2.58. The van der Waals surface area contributed by atoms with E-state index in [1.54, 1.807) is 18.2 Å². The van der Waals surface area contributed by atoms with Crippen molar-refractivity contribution >= 4 is 0 Å².